The van der Waals surface area contributed by atoms with Crippen LogP contribution in [-0.4, -0.2) is 40.6 Å². The first kappa shape index (κ1) is 24.0. The molecule has 0 radical (unpaired) electrons. The fourth-order valence-corrected chi connectivity index (χ4v) is 4.07. The third kappa shape index (κ3) is 5.79. The molecule has 0 spiro atoms. The van der Waals surface area contributed by atoms with Gasteiger partial charge in [-0.2, -0.15) is 0 Å². The number of methoxy groups -OCH3 is 2. The maximum atomic E-state index is 12.5. The number of halogens is 2. The van der Waals surface area contributed by atoms with E-state index in [0.29, 0.717) is 50.5 Å². The minimum absolute atomic E-state index is 0.123. The molecule has 0 aliphatic rings. The number of carbonyl (C=O) groups is 1. The summed E-state index contributed by atoms with van der Waals surface area (Å²) >= 11 is 13.5. The van der Waals surface area contributed by atoms with E-state index >= 15 is 0 Å². The van der Waals surface area contributed by atoms with E-state index in [1.165, 1.54) is 26.0 Å². The van der Waals surface area contributed by atoms with Gasteiger partial charge in [-0.25, -0.2) is 0 Å². The molecule has 2 aromatic carbocycles. The van der Waals surface area contributed by atoms with Gasteiger partial charge in [0.2, 0.25) is 5.91 Å². The maximum absolute atomic E-state index is 12.5. The zero-order valence-electron chi connectivity index (χ0n) is 17.7. The summed E-state index contributed by atoms with van der Waals surface area (Å²) in [4.78, 5) is 12.5. The number of hydrogen-bond donors (Lipinski definition) is 1. The van der Waals surface area contributed by atoms with Gasteiger partial charge in [-0.05, 0) is 19.1 Å². The van der Waals surface area contributed by atoms with Crippen molar-refractivity contribution in [3.8, 4) is 17.2 Å². The predicted octanol–water partition coefficient (Wildman–Crippen LogP) is 4.93. The van der Waals surface area contributed by atoms with Crippen LogP contribution in [0.4, 0.5) is 5.69 Å². The number of carbonyl (C=O) groups excluding carboxylic acids is 1. The van der Waals surface area contributed by atoms with Crippen LogP contribution >= 0.6 is 35.0 Å². The Morgan fingerprint density at radius 1 is 1.06 bits per heavy atom. The Balaban J connectivity index is 1.63. The number of benzene rings is 2. The summed E-state index contributed by atoms with van der Waals surface area (Å²) in [7, 11) is 3.00. The molecule has 11 heteroatoms. The quantitative estimate of drug-likeness (QED) is 0.398. The molecular formula is C21H22Cl2N4O4S. The fraction of sp³-hybridized carbons (Fsp3) is 0.286. The third-order valence-corrected chi connectivity index (χ3v) is 5.96. The van der Waals surface area contributed by atoms with Crippen molar-refractivity contribution in [2.24, 2.45) is 0 Å². The van der Waals surface area contributed by atoms with Crippen molar-refractivity contribution in [2.45, 2.75) is 25.2 Å². The zero-order valence-corrected chi connectivity index (χ0v) is 20.1. The largest absolute Gasteiger partial charge is 0.495 e. The SMILES string of the molecule is CCn1c(COc2ccccc2Cl)nnc1SCC(=O)Nc1cc(OC)c(Cl)cc1OC. The molecule has 170 valence electrons. The number of aromatic nitrogens is 3. The van der Waals surface area contributed by atoms with Crippen LogP contribution in [0.15, 0.2) is 41.6 Å². The number of para-hydroxylation sites is 1. The highest BCUT2D eigenvalue weighted by Gasteiger charge is 2.16. The average Bonchev–Trinajstić information content (AvgIpc) is 3.19. The minimum Gasteiger partial charge on any atom is -0.495 e. The molecule has 0 unspecified atom stereocenters. The van der Waals surface area contributed by atoms with E-state index in [0.717, 1.165) is 0 Å². The predicted molar refractivity (Wildman–Crippen MR) is 125 cm³/mol. The van der Waals surface area contributed by atoms with Crippen molar-refractivity contribution in [3.63, 3.8) is 0 Å². The number of thioether (sulfide) groups is 1. The number of anilines is 1. The van der Waals surface area contributed by atoms with Crippen molar-refractivity contribution in [2.75, 3.05) is 25.3 Å². The van der Waals surface area contributed by atoms with Crippen molar-refractivity contribution in [3.05, 3.63) is 52.3 Å². The summed E-state index contributed by atoms with van der Waals surface area (Å²) in [5.74, 6) is 1.96. The standard InChI is InChI=1S/C21H22Cl2N4O4S/c1-4-27-19(11-31-16-8-6-5-7-13(16)22)25-26-21(27)32-12-20(28)24-15-10-17(29-2)14(23)9-18(15)30-3/h5-10H,4,11-12H2,1-3H3,(H,24,28). The Morgan fingerprint density at radius 3 is 2.50 bits per heavy atom. The molecule has 0 aliphatic carbocycles. The second-order valence-electron chi connectivity index (χ2n) is 6.39. The first-order chi connectivity index (χ1) is 15.5. The normalized spacial score (nSPS) is 10.7. The average molecular weight is 497 g/mol. The van der Waals surface area contributed by atoms with Crippen molar-refractivity contribution in [1.82, 2.24) is 14.8 Å². The Kier molecular flexibility index (Phi) is 8.49. The Bertz CT molecular complexity index is 1090. The van der Waals surface area contributed by atoms with Crippen LogP contribution in [0, 0.1) is 0 Å². The highest BCUT2D eigenvalue weighted by Crippen LogP contribution is 2.36. The molecule has 0 saturated carbocycles. The van der Waals surface area contributed by atoms with Crippen LogP contribution in [-0.2, 0) is 17.9 Å². The van der Waals surface area contributed by atoms with Gasteiger partial charge in [0.15, 0.2) is 11.0 Å². The molecule has 8 nitrogen and oxygen atoms in total. The van der Waals surface area contributed by atoms with Gasteiger partial charge in [-0.1, -0.05) is 47.1 Å². The number of amides is 1. The second kappa shape index (κ2) is 11.3. The molecule has 1 N–H and O–H groups in total. The van der Waals surface area contributed by atoms with E-state index in [1.54, 1.807) is 24.3 Å². The lowest BCUT2D eigenvalue weighted by Gasteiger charge is -2.13. The van der Waals surface area contributed by atoms with Crippen LogP contribution < -0.4 is 19.5 Å². The second-order valence-corrected chi connectivity index (χ2v) is 8.14. The van der Waals surface area contributed by atoms with E-state index in [1.807, 2.05) is 23.6 Å². The first-order valence-corrected chi connectivity index (χ1v) is 11.3. The van der Waals surface area contributed by atoms with Gasteiger partial charge >= 0.3 is 0 Å². The minimum atomic E-state index is -0.239. The zero-order chi connectivity index (χ0) is 23.1. The smallest absolute Gasteiger partial charge is 0.234 e. The molecule has 32 heavy (non-hydrogen) atoms. The lowest BCUT2D eigenvalue weighted by atomic mass is 10.2. The Morgan fingerprint density at radius 2 is 1.81 bits per heavy atom. The van der Waals surface area contributed by atoms with E-state index in [9.17, 15) is 4.79 Å². The van der Waals surface area contributed by atoms with E-state index in [4.69, 9.17) is 37.4 Å². The van der Waals surface area contributed by atoms with Crippen LogP contribution in [0.25, 0.3) is 0 Å². The molecule has 3 rings (SSSR count). The molecule has 3 aromatic rings. The highest BCUT2D eigenvalue weighted by atomic mass is 35.5. The van der Waals surface area contributed by atoms with Crippen molar-refractivity contribution in [1.29, 1.82) is 0 Å². The van der Waals surface area contributed by atoms with Gasteiger partial charge in [0.25, 0.3) is 0 Å². The molecule has 1 amide bonds. The summed E-state index contributed by atoms with van der Waals surface area (Å²) in [5.41, 5.74) is 0.463. The molecule has 0 aliphatic heterocycles. The van der Waals surface area contributed by atoms with Gasteiger partial charge in [-0.15, -0.1) is 10.2 Å². The number of ether oxygens (including phenoxy) is 3. The van der Waals surface area contributed by atoms with E-state index in [2.05, 4.69) is 15.5 Å². The van der Waals surface area contributed by atoms with Crippen LogP contribution in [0.5, 0.6) is 17.2 Å². The van der Waals surface area contributed by atoms with Gasteiger partial charge < -0.3 is 24.1 Å². The van der Waals surface area contributed by atoms with Crippen LogP contribution in [0.2, 0.25) is 10.0 Å². The van der Waals surface area contributed by atoms with Gasteiger partial charge in [0.05, 0.1) is 35.7 Å². The topological polar surface area (TPSA) is 87.5 Å². The summed E-state index contributed by atoms with van der Waals surface area (Å²) in [6, 6.07) is 10.4. The summed E-state index contributed by atoms with van der Waals surface area (Å²) < 4.78 is 18.1. The molecule has 1 heterocycles. The summed E-state index contributed by atoms with van der Waals surface area (Å²) in [6.45, 7) is 2.80. The Labute approximate surface area is 200 Å². The van der Waals surface area contributed by atoms with Gasteiger partial charge in [0.1, 0.15) is 23.9 Å². The molecule has 0 saturated heterocycles. The number of hydrogen-bond acceptors (Lipinski definition) is 7. The molecule has 0 fully saturated rings. The molecule has 1 aromatic heterocycles. The third-order valence-electron chi connectivity index (χ3n) is 4.38. The summed E-state index contributed by atoms with van der Waals surface area (Å²) in [6.07, 6.45) is 0. The lowest BCUT2D eigenvalue weighted by Crippen LogP contribution is -2.15. The van der Waals surface area contributed by atoms with Crippen LogP contribution in [0.3, 0.4) is 0 Å². The van der Waals surface area contributed by atoms with E-state index < -0.39 is 0 Å². The molecule has 0 bridgehead atoms. The van der Waals surface area contributed by atoms with Crippen LogP contribution in [0.1, 0.15) is 12.7 Å². The van der Waals surface area contributed by atoms with Crippen molar-refractivity contribution >= 4 is 46.6 Å². The van der Waals surface area contributed by atoms with Gasteiger partial charge in [-0.3, -0.25) is 4.79 Å². The fourth-order valence-electron chi connectivity index (χ4n) is 2.83. The van der Waals surface area contributed by atoms with Gasteiger partial charge in [0, 0.05) is 18.7 Å². The number of rotatable bonds is 10. The molecule has 0 atom stereocenters. The first-order valence-electron chi connectivity index (χ1n) is 9.60. The molecular weight excluding hydrogens is 475 g/mol. The lowest BCUT2D eigenvalue weighted by molar-refractivity contribution is -0.113. The Hall–Kier alpha value is -2.62. The number of nitrogens with zero attached hydrogens (tertiary/aromatic N) is 3. The monoisotopic (exact) mass is 496 g/mol. The van der Waals surface area contributed by atoms with E-state index in [-0.39, 0.29) is 18.3 Å². The summed E-state index contributed by atoms with van der Waals surface area (Å²) in [5, 5.41) is 12.7. The highest BCUT2D eigenvalue weighted by molar-refractivity contribution is 7.99. The number of nitrogens with one attached hydrogen (secondary N) is 1. The van der Waals surface area contributed by atoms with Crippen molar-refractivity contribution < 1.29 is 19.0 Å². The maximum Gasteiger partial charge on any atom is 0.234 e.